The van der Waals surface area contributed by atoms with Crippen LogP contribution in [-0.4, -0.2) is 73.5 Å². The standard InChI is InChI=1S/C23H31NO8/c1-15(5-7-19(25)31-13-10-24(28)8-11-30-12-9-24)4-6-17-21(26)20-18(14-32-23(20)27)16(2)22(17)29-3/h4,28H,5-14H2,1-3H3/p+1/b15-4+. The molecular weight excluding hydrogens is 418 g/mol. The summed E-state index contributed by atoms with van der Waals surface area (Å²) >= 11 is 0. The lowest BCUT2D eigenvalue weighted by Gasteiger charge is -2.32. The molecule has 2 heterocycles. The molecule has 2 aliphatic heterocycles. The van der Waals surface area contributed by atoms with Crippen molar-refractivity contribution >= 4 is 11.9 Å². The fraction of sp³-hybridized carbons (Fsp3) is 0.565. The highest BCUT2D eigenvalue weighted by atomic mass is 16.6. The minimum Gasteiger partial charge on any atom is -0.507 e. The second kappa shape index (κ2) is 10.3. The van der Waals surface area contributed by atoms with E-state index >= 15 is 0 Å². The Hall–Kier alpha value is -2.62. The summed E-state index contributed by atoms with van der Waals surface area (Å²) in [4.78, 5) is 24.1. The number of esters is 2. The summed E-state index contributed by atoms with van der Waals surface area (Å²) in [7, 11) is 1.53. The van der Waals surface area contributed by atoms with Crippen LogP contribution in [0.15, 0.2) is 11.6 Å². The number of phenols is 1. The van der Waals surface area contributed by atoms with Crippen molar-refractivity contribution in [2.45, 2.75) is 39.7 Å². The molecule has 1 fully saturated rings. The Kier molecular flexibility index (Phi) is 7.76. The van der Waals surface area contributed by atoms with Gasteiger partial charge in [-0.25, -0.2) is 10.0 Å². The average molecular weight is 451 g/mol. The molecule has 0 unspecified atom stereocenters. The first-order valence-electron chi connectivity index (χ1n) is 10.8. The normalized spacial score (nSPS) is 17.6. The lowest BCUT2D eigenvalue weighted by molar-refractivity contribution is -1.11. The fourth-order valence-corrected chi connectivity index (χ4v) is 4.01. The number of allylic oxidation sites excluding steroid dienone is 2. The second-order valence-corrected chi connectivity index (χ2v) is 8.27. The molecule has 32 heavy (non-hydrogen) atoms. The molecule has 2 N–H and O–H groups in total. The summed E-state index contributed by atoms with van der Waals surface area (Å²) in [5, 5.41) is 21.0. The van der Waals surface area contributed by atoms with Crippen molar-refractivity contribution < 1.29 is 43.5 Å². The van der Waals surface area contributed by atoms with Gasteiger partial charge in [-0.15, -0.1) is 0 Å². The van der Waals surface area contributed by atoms with Crippen molar-refractivity contribution in [2.75, 3.05) is 46.6 Å². The van der Waals surface area contributed by atoms with E-state index in [-0.39, 0.29) is 41.6 Å². The number of benzene rings is 1. The number of rotatable bonds is 9. The molecule has 0 spiro atoms. The molecule has 2 aliphatic rings. The number of morpholine rings is 1. The highest BCUT2D eigenvalue weighted by molar-refractivity contribution is 5.98. The number of nitrogens with zero attached hydrogens (tertiary/aromatic N) is 1. The van der Waals surface area contributed by atoms with Crippen LogP contribution in [0.4, 0.5) is 0 Å². The van der Waals surface area contributed by atoms with Crippen LogP contribution in [0.5, 0.6) is 11.5 Å². The van der Waals surface area contributed by atoms with Gasteiger partial charge in [0.2, 0.25) is 0 Å². The molecule has 176 valence electrons. The molecular formula is C23H32NO8+. The minimum atomic E-state index is -0.531. The van der Waals surface area contributed by atoms with Crippen molar-refractivity contribution in [2.24, 2.45) is 0 Å². The third-order valence-corrected chi connectivity index (χ3v) is 6.10. The van der Waals surface area contributed by atoms with Gasteiger partial charge in [0.25, 0.3) is 0 Å². The highest BCUT2D eigenvalue weighted by Crippen LogP contribution is 2.42. The van der Waals surface area contributed by atoms with Crippen molar-refractivity contribution in [3.05, 3.63) is 33.9 Å². The Morgan fingerprint density at radius 3 is 2.66 bits per heavy atom. The number of hydrogen-bond acceptors (Lipinski definition) is 8. The third-order valence-electron chi connectivity index (χ3n) is 6.10. The average Bonchev–Trinajstić information content (AvgIpc) is 3.16. The number of fused-ring (bicyclic) bond motifs is 1. The van der Waals surface area contributed by atoms with E-state index in [9.17, 15) is 19.9 Å². The maximum atomic E-state index is 12.1. The molecule has 0 bridgehead atoms. The zero-order chi connectivity index (χ0) is 23.3. The first-order chi connectivity index (χ1) is 15.3. The van der Waals surface area contributed by atoms with Gasteiger partial charge in [-0.05, 0) is 32.3 Å². The molecule has 0 saturated carbocycles. The summed E-state index contributed by atoms with van der Waals surface area (Å²) in [6.07, 6.45) is 2.97. The number of hydrogen-bond donors (Lipinski definition) is 2. The Morgan fingerprint density at radius 1 is 1.25 bits per heavy atom. The lowest BCUT2D eigenvalue weighted by Crippen LogP contribution is -2.54. The number of ether oxygens (including phenoxy) is 4. The first-order valence-corrected chi connectivity index (χ1v) is 10.8. The number of carbonyl (C=O) groups is 2. The van der Waals surface area contributed by atoms with Crippen molar-refractivity contribution in [1.29, 1.82) is 0 Å². The Balaban J connectivity index is 1.54. The van der Waals surface area contributed by atoms with E-state index in [1.54, 1.807) is 0 Å². The van der Waals surface area contributed by atoms with E-state index in [0.717, 1.165) is 11.1 Å². The molecule has 0 aliphatic carbocycles. The predicted octanol–water partition coefficient (Wildman–Crippen LogP) is 2.43. The number of cyclic esters (lactones) is 1. The summed E-state index contributed by atoms with van der Waals surface area (Å²) in [5.41, 5.74) is 3.11. The monoisotopic (exact) mass is 450 g/mol. The second-order valence-electron chi connectivity index (χ2n) is 8.27. The molecule has 0 aromatic heterocycles. The van der Waals surface area contributed by atoms with Gasteiger partial charge in [0.1, 0.15) is 49.9 Å². The molecule has 0 radical (unpaired) electrons. The van der Waals surface area contributed by atoms with Gasteiger partial charge in [-0.2, -0.15) is 4.65 Å². The van der Waals surface area contributed by atoms with Crippen LogP contribution in [0.3, 0.4) is 0 Å². The summed E-state index contributed by atoms with van der Waals surface area (Å²) in [6.45, 7) is 6.37. The maximum absolute atomic E-state index is 12.1. The van der Waals surface area contributed by atoms with E-state index < -0.39 is 5.97 Å². The molecule has 1 aromatic carbocycles. The van der Waals surface area contributed by atoms with Gasteiger partial charge in [0.15, 0.2) is 0 Å². The number of methoxy groups -OCH3 is 1. The van der Waals surface area contributed by atoms with Crippen LogP contribution in [0.25, 0.3) is 0 Å². The number of aromatic hydroxyl groups is 1. The minimum absolute atomic E-state index is 0.113. The van der Waals surface area contributed by atoms with E-state index in [0.29, 0.717) is 62.6 Å². The van der Waals surface area contributed by atoms with Crippen LogP contribution in [0.1, 0.15) is 46.8 Å². The van der Waals surface area contributed by atoms with Gasteiger partial charge in [0, 0.05) is 17.5 Å². The maximum Gasteiger partial charge on any atom is 0.342 e. The Bertz CT molecular complexity index is 902. The van der Waals surface area contributed by atoms with Crippen molar-refractivity contribution in [3.63, 3.8) is 0 Å². The summed E-state index contributed by atoms with van der Waals surface area (Å²) < 4.78 is 20.9. The Labute approximate surface area is 187 Å². The number of carbonyl (C=O) groups excluding carboxylic acids is 2. The van der Waals surface area contributed by atoms with Gasteiger partial charge < -0.3 is 24.1 Å². The SMILES string of the molecule is COc1c(C)c2c(c(O)c1C/C=C(\C)CCC(=O)OCC[N+]1(O)CCOCC1)C(=O)OC2. The van der Waals surface area contributed by atoms with Crippen LogP contribution >= 0.6 is 0 Å². The van der Waals surface area contributed by atoms with Crippen LogP contribution in [-0.2, 0) is 32.0 Å². The molecule has 0 atom stereocenters. The van der Waals surface area contributed by atoms with Crippen molar-refractivity contribution in [3.8, 4) is 11.5 Å². The highest BCUT2D eigenvalue weighted by Gasteiger charge is 2.32. The third kappa shape index (κ3) is 5.40. The lowest BCUT2D eigenvalue weighted by atomic mass is 9.94. The number of quaternary nitrogens is 1. The predicted molar refractivity (Wildman–Crippen MR) is 114 cm³/mol. The smallest absolute Gasteiger partial charge is 0.342 e. The molecule has 9 nitrogen and oxygen atoms in total. The molecule has 3 rings (SSSR count). The number of phenolic OH excluding ortho intramolecular Hbond substituents is 1. The molecule has 0 amide bonds. The van der Waals surface area contributed by atoms with E-state index in [4.69, 9.17) is 18.9 Å². The summed E-state index contributed by atoms with van der Waals surface area (Å²) in [5.74, 6) is -0.434. The van der Waals surface area contributed by atoms with Gasteiger partial charge in [-0.1, -0.05) is 11.6 Å². The van der Waals surface area contributed by atoms with Gasteiger partial charge in [0.05, 0.1) is 20.3 Å². The largest absolute Gasteiger partial charge is 0.507 e. The van der Waals surface area contributed by atoms with Crippen LogP contribution in [0, 0.1) is 6.92 Å². The zero-order valence-corrected chi connectivity index (χ0v) is 18.9. The van der Waals surface area contributed by atoms with Crippen molar-refractivity contribution in [1.82, 2.24) is 0 Å². The van der Waals surface area contributed by atoms with E-state index in [1.165, 1.54) is 7.11 Å². The van der Waals surface area contributed by atoms with E-state index in [2.05, 4.69) is 0 Å². The Morgan fingerprint density at radius 2 is 1.97 bits per heavy atom. The summed E-state index contributed by atoms with van der Waals surface area (Å²) in [6, 6.07) is 0. The van der Waals surface area contributed by atoms with Gasteiger partial charge >= 0.3 is 11.9 Å². The quantitative estimate of drug-likeness (QED) is 0.335. The van der Waals surface area contributed by atoms with E-state index in [1.807, 2.05) is 19.9 Å². The zero-order valence-electron chi connectivity index (χ0n) is 18.9. The molecule has 1 aromatic rings. The van der Waals surface area contributed by atoms with Crippen LogP contribution in [0.2, 0.25) is 0 Å². The molecule has 9 heteroatoms. The number of hydroxylamine groups is 3. The first kappa shape index (κ1) is 24.0. The topological polar surface area (TPSA) is 112 Å². The van der Waals surface area contributed by atoms with Crippen LogP contribution < -0.4 is 4.74 Å². The van der Waals surface area contributed by atoms with Gasteiger partial charge in [-0.3, -0.25) is 4.79 Å². The fourth-order valence-electron chi connectivity index (χ4n) is 4.01. The molecule has 1 saturated heterocycles.